The monoisotopic (exact) mass is 341 g/mol. The molecule has 130 valence electrons. The van der Waals surface area contributed by atoms with E-state index < -0.39 is 0 Å². The van der Waals surface area contributed by atoms with Crippen molar-refractivity contribution in [1.82, 2.24) is 24.6 Å². The van der Waals surface area contributed by atoms with Gasteiger partial charge in [0.25, 0.3) is 0 Å². The van der Waals surface area contributed by atoms with Crippen molar-refractivity contribution >= 4 is 0 Å². The van der Waals surface area contributed by atoms with Gasteiger partial charge in [-0.15, -0.1) is 0 Å². The fourth-order valence-corrected chi connectivity index (χ4v) is 3.10. The van der Waals surface area contributed by atoms with E-state index in [1.165, 1.54) is 12.1 Å². The summed E-state index contributed by atoms with van der Waals surface area (Å²) in [6.07, 6.45) is 5.75. The molecule has 1 aliphatic heterocycles. The summed E-state index contributed by atoms with van der Waals surface area (Å²) in [5.74, 6) is 0.672. The number of aromatic nitrogens is 4. The zero-order valence-corrected chi connectivity index (χ0v) is 14.0. The van der Waals surface area contributed by atoms with Gasteiger partial charge >= 0.3 is 0 Å². The molecule has 1 aliphatic rings. The summed E-state index contributed by atoms with van der Waals surface area (Å²) in [4.78, 5) is 4.43. The van der Waals surface area contributed by atoms with Gasteiger partial charge in [-0.1, -0.05) is 0 Å². The highest BCUT2D eigenvalue weighted by Crippen LogP contribution is 2.25. The number of rotatable bonds is 5. The topological polar surface area (TPSA) is 56.9 Å². The lowest BCUT2D eigenvalue weighted by molar-refractivity contribution is 0.00326. The van der Waals surface area contributed by atoms with Crippen molar-refractivity contribution in [2.75, 3.05) is 6.54 Å². The van der Waals surface area contributed by atoms with Crippen LogP contribution in [0.4, 0.5) is 4.39 Å². The molecule has 3 heterocycles. The zero-order valence-electron chi connectivity index (χ0n) is 14.0. The number of imidazole rings is 1. The fraction of sp³-hybridized carbons (Fsp3) is 0.333. The second-order valence-electron chi connectivity index (χ2n) is 6.26. The van der Waals surface area contributed by atoms with Crippen molar-refractivity contribution in [3.8, 4) is 11.3 Å². The smallest absolute Gasteiger partial charge is 0.135 e. The summed E-state index contributed by atoms with van der Waals surface area (Å²) < 4.78 is 23.0. The first-order valence-corrected chi connectivity index (χ1v) is 8.29. The second-order valence-corrected chi connectivity index (χ2v) is 6.26. The molecule has 6 nitrogen and oxygen atoms in total. The van der Waals surface area contributed by atoms with Gasteiger partial charge in [-0.05, 0) is 29.8 Å². The number of aryl methyl sites for hydroxylation is 1. The lowest BCUT2D eigenvalue weighted by Crippen LogP contribution is -2.36. The quantitative estimate of drug-likeness (QED) is 0.772. The van der Waals surface area contributed by atoms with Crippen LogP contribution in [0.25, 0.3) is 11.3 Å². The molecule has 7 heteroatoms. The average Bonchev–Trinajstić information content (AvgIpc) is 3.22. The Morgan fingerprint density at radius 1 is 1.28 bits per heavy atom. The molecule has 0 saturated heterocycles. The lowest BCUT2D eigenvalue weighted by atomic mass is 10.1. The molecule has 0 amide bonds. The summed E-state index contributed by atoms with van der Waals surface area (Å²) in [7, 11) is 1.91. The molecule has 0 bridgehead atoms. The highest BCUT2D eigenvalue weighted by Gasteiger charge is 2.22. The van der Waals surface area contributed by atoms with E-state index >= 15 is 0 Å². The number of benzene rings is 1. The highest BCUT2D eigenvalue weighted by molar-refractivity contribution is 5.59. The summed E-state index contributed by atoms with van der Waals surface area (Å²) in [6.45, 7) is 2.72. The van der Waals surface area contributed by atoms with Crippen molar-refractivity contribution in [2.45, 2.75) is 25.8 Å². The maximum atomic E-state index is 13.2. The van der Waals surface area contributed by atoms with Crippen LogP contribution >= 0.6 is 0 Å². The molecule has 0 aliphatic carbocycles. The third-order valence-corrected chi connectivity index (χ3v) is 4.37. The minimum absolute atomic E-state index is 0.0672. The van der Waals surface area contributed by atoms with E-state index in [4.69, 9.17) is 4.74 Å². The van der Waals surface area contributed by atoms with Gasteiger partial charge in [0.1, 0.15) is 18.2 Å². The predicted octanol–water partition coefficient (Wildman–Crippen LogP) is 2.11. The molecular weight excluding hydrogens is 321 g/mol. The van der Waals surface area contributed by atoms with Crippen LogP contribution < -0.4 is 5.32 Å². The first kappa shape index (κ1) is 16.0. The number of ether oxygens (including phenoxy) is 1. The van der Waals surface area contributed by atoms with E-state index in [1.807, 2.05) is 25.6 Å². The number of hydrogen-bond donors (Lipinski definition) is 1. The SMILES string of the molecule is Cn1cc(CNC[C@H]2Cn3c(-c4ccc(F)cc4)cnc3CO2)cn1. The van der Waals surface area contributed by atoms with Crippen molar-refractivity contribution in [3.63, 3.8) is 0 Å². The van der Waals surface area contributed by atoms with E-state index in [2.05, 4.69) is 20.0 Å². The lowest BCUT2D eigenvalue weighted by Gasteiger charge is -2.26. The molecule has 1 atom stereocenters. The highest BCUT2D eigenvalue weighted by atomic mass is 19.1. The first-order valence-electron chi connectivity index (χ1n) is 8.29. The Morgan fingerprint density at radius 2 is 2.12 bits per heavy atom. The van der Waals surface area contributed by atoms with Gasteiger partial charge in [0.2, 0.25) is 0 Å². The van der Waals surface area contributed by atoms with Crippen LogP contribution in [0.15, 0.2) is 42.9 Å². The van der Waals surface area contributed by atoms with Gasteiger partial charge in [0.05, 0.1) is 30.7 Å². The van der Waals surface area contributed by atoms with Crippen LogP contribution in [0.2, 0.25) is 0 Å². The fourth-order valence-electron chi connectivity index (χ4n) is 3.10. The van der Waals surface area contributed by atoms with E-state index in [-0.39, 0.29) is 11.9 Å². The van der Waals surface area contributed by atoms with Gasteiger partial charge in [-0.3, -0.25) is 4.68 Å². The van der Waals surface area contributed by atoms with E-state index in [0.717, 1.165) is 42.3 Å². The largest absolute Gasteiger partial charge is 0.367 e. The Labute approximate surface area is 145 Å². The van der Waals surface area contributed by atoms with Crippen molar-refractivity contribution in [3.05, 3.63) is 60.1 Å². The predicted molar refractivity (Wildman–Crippen MR) is 91.1 cm³/mol. The maximum absolute atomic E-state index is 13.2. The molecule has 0 saturated carbocycles. The Kier molecular flexibility index (Phi) is 4.33. The first-order chi connectivity index (χ1) is 12.2. The number of nitrogens with zero attached hydrogens (tertiary/aromatic N) is 4. The van der Waals surface area contributed by atoms with Crippen molar-refractivity contribution in [1.29, 1.82) is 0 Å². The van der Waals surface area contributed by atoms with E-state index in [0.29, 0.717) is 6.61 Å². The molecule has 1 aromatic carbocycles. The summed E-state index contributed by atoms with van der Waals surface area (Å²) in [5, 5.41) is 7.58. The molecule has 25 heavy (non-hydrogen) atoms. The molecule has 1 N–H and O–H groups in total. The van der Waals surface area contributed by atoms with Crippen LogP contribution in [-0.2, 0) is 31.5 Å². The van der Waals surface area contributed by atoms with E-state index in [1.54, 1.807) is 16.8 Å². The number of fused-ring (bicyclic) bond motifs is 1. The van der Waals surface area contributed by atoms with Gasteiger partial charge < -0.3 is 14.6 Å². The summed E-state index contributed by atoms with van der Waals surface area (Å²) >= 11 is 0. The molecule has 0 spiro atoms. The molecule has 0 radical (unpaired) electrons. The van der Waals surface area contributed by atoms with Crippen LogP contribution in [0, 0.1) is 5.82 Å². The Morgan fingerprint density at radius 3 is 2.88 bits per heavy atom. The number of nitrogens with one attached hydrogen (secondary N) is 1. The summed E-state index contributed by atoms with van der Waals surface area (Å²) in [5.41, 5.74) is 3.10. The normalized spacial score (nSPS) is 16.8. The van der Waals surface area contributed by atoms with Gasteiger partial charge in [0, 0.05) is 31.9 Å². The van der Waals surface area contributed by atoms with Crippen molar-refractivity contribution < 1.29 is 9.13 Å². The molecule has 0 fully saturated rings. The Balaban J connectivity index is 1.42. The number of halogens is 1. The molecular formula is C18H20FN5O. The molecule has 0 unspecified atom stereocenters. The van der Waals surface area contributed by atoms with E-state index in [9.17, 15) is 4.39 Å². The van der Waals surface area contributed by atoms with Gasteiger partial charge in [0.15, 0.2) is 0 Å². The zero-order chi connectivity index (χ0) is 17.2. The Hall–Kier alpha value is -2.51. The maximum Gasteiger partial charge on any atom is 0.135 e. The van der Waals surface area contributed by atoms with Gasteiger partial charge in [-0.25, -0.2) is 9.37 Å². The van der Waals surface area contributed by atoms with Crippen LogP contribution in [0.1, 0.15) is 11.4 Å². The van der Waals surface area contributed by atoms with Crippen molar-refractivity contribution in [2.24, 2.45) is 7.05 Å². The molecule has 4 rings (SSSR count). The van der Waals surface area contributed by atoms with Crippen LogP contribution in [0.5, 0.6) is 0 Å². The molecule has 2 aromatic heterocycles. The van der Waals surface area contributed by atoms with Crippen LogP contribution in [-0.4, -0.2) is 32.0 Å². The Bertz CT molecular complexity index is 855. The third-order valence-electron chi connectivity index (χ3n) is 4.37. The second kappa shape index (κ2) is 6.78. The van der Waals surface area contributed by atoms with Gasteiger partial charge in [-0.2, -0.15) is 5.10 Å². The minimum Gasteiger partial charge on any atom is -0.367 e. The summed E-state index contributed by atoms with van der Waals surface area (Å²) in [6, 6.07) is 6.51. The average molecular weight is 341 g/mol. The molecule has 3 aromatic rings. The standard InChI is InChI=1S/C18H20FN5O/c1-23-10-13(7-22-23)6-20-8-16-11-24-17(9-21-18(24)12-25-16)14-2-4-15(19)5-3-14/h2-5,7,9-10,16,20H,6,8,11-12H2,1H3/t16-/m0/s1. The number of hydrogen-bond acceptors (Lipinski definition) is 4. The van der Waals surface area contributed by atoms with Crippen LogP contribution in [0.3, 0.4) is 0 Å². The third kappa shape index (κ3) is 3.47. The minimum atomic E-state index is -0.233.